The molecule has 0 radical (unpaired) electrons. The number of carboxylic acids is 1. The fourth-order valence-corrected chi connectivity index (χ4v) is 1.28. The van der Waals surface area contributed by atoms with Gasteiger partial charge >= 0.3 is 5.97 Å². The predicted octanol–water partition coefficient (Wildman–Crippen LogP) is 0.244. The smallest absolute Gasteiger partial charge is 0.305 e. The number of rotatable bonds is 4. The maximum atomic E-state index is 11.6. The van der Waals surface area contributed by atoms with Crippen molar-refractivity contribution < 1.29 is 24.2 Å². The quantitative estimate of drug-likeness (QED) is 0.721. The first-order valence-corrected chi connectivity index (χ1v) is 4.89. The fraction of sp³-hybridized carbons (Fsp3) is 0.600. The van der Waals surface area contributed by atoms with E-state index in [-0.39, 0.29) is 12.2 Å². The molecule has 6 nitrogen and oxygen atoms in total. The Kier molecular flexibility index (Phi) is 3.76. The van der Waals surface area contributed by atoms with Crippen LogP contribution in [0.15, 0.2) is 12.0 Å². The number of carbonyl (C=O) groups excluding carboxylic acids is 1. The largest absolute Gasteiger partial charge is 0.494 e. The molecule has 0 unspecified atom stereocenters. The number of hydrogen-bond acceptors (Lipinski definition) is 4. The molecule has 1 aliphatic heterocycles. The molecule has 0 aromatic rings. The molecule has 1 rings (SSSR count). The van der Waals surface area contributed by atoms with Crippen LogP contribution in [0.5, 0.6) is 0 Å². The van der Waals surface area contributed by atoms with E-state index in [9.17, 15) is 9.59 Å². The standard InChI is InChI=1S/C10H15NO5/c1-10(2,5-8(12)13)11-9(14)7-6-15-3-4-16-7/h6H,3-5H2,1-2H3,(H,11,14)(H,12,13). The van der Waals surface area contributed by atoms with Crippen LogP contribution in [-0.4, -0.2) is 35.7 Å². The van der Waals surface area contributed by atoms with E-state index in [1.54, 1.807) is 13.8 Å². The molecule has 0 aliphatic carbocycles. The SMILES string of the molecule is CC(C)(CC(=O)O)NC(=O)C1=COCCO1. The van der Waals surface area contributed by atoms with E-state index in [2.05, 4.69) is 5.32 Å². The molecule has 16 heavy (non-hydrogen) atoms. The van der Waals surface area contributed by atoms with E-state index < -0.39 is 17.4 Å². The van der Waals surface area contributed by atoms with E-state index in [0.29, 0.717) is 13.2 Å². The summed E-state index contributed by atoms with van der Waals surface area (Å²) in [5.74, 6) is -1.37. The highest BCUT2D eigenvalue weighted by Gasteiger charge is 2.26. The Bertz CT molecular complexity index is 321. The summed E-state index contributed by atoms with van der Waals surface area (Å²) in [6, 6.07) is 0. The van der Waals surface area contributed by atoms with Gasteiger partial charge in [0.15, 0.2) is 0 Å². The van der Waals surface area contributed by atoms with Crippen molar-refractivity contribution in [2.45, 2.75) is 25.8 Å². The third kappa shape index (κ3) is 3.80. The molecule has 6 heteroatoms. The number of carboxylic acid groups (broad SMARTS) is 1. The summed E-state index contributed by atoms with van der Waals surface area (Å²) >= 11 is 0. The minimum absolute atomic E-state index is 0.0738. The van der Waals surface area contributed by atoms with Crippen LogP contribution in [0.2, 0.25) is 0 Å². The van der Waals surface area contributed by atoms with Crippen LogP contribution in [0.25, 0.3) is 0 Å². The van der Waals surface area contributed by atoms with Crippen LogP contribution >= 0.6 is 0 Å². The van der Waals surface area contributed by atoms with E-state index in [1.807, 2.05) is 0 Å². The Morgan fingerprint density at radius 1 is 1.50 bits per heavy atom. The van der Waals surface area contributed by atoms with E-state index in [0.717, 1.165) is 0 Å². The van der Waals surface area contributed by atoms with E-state index >= 15 is 0 Å². The molecule has 0 aromatic carbocycles. The van der Waals surface area contributed by atoms with Gasteiger partial charge < -0.3 is 19.9 Å². The van der Waals surface area contributed by atoms with Crippen molar-refractivity contribution in [3.05, 3.63) is 12.0 Å². The number of carbonyl (C=O) groups is 2. The Morgan fingerprint density at radius 2 is 2.19 bits per heavy atom. The summed E-state index contributed by atoms with van der Waals surface area (Å²) < 4.78 is 10.0. The fourth-order valence-electron chi connectivity index (χ4n) is 1.28. The van der Waals surface area contributed by atoms with Gasteiger partial charge in [0.1, 0.15) is 19.5 Å². The zero-order valence-electron chi connectivity index (χ0n) is 9.28. The maximum absolute atomic E-state index is 11.6. The number of ether oxygens (including phenoxy) is 2. The monoisotopic (exact) mass is 229 g/mol. The van der Waals surface area contributed by atoms with E-state index in [1.165, 1.54) is 6.26 Å². The molecular weight excluding hydrogens is 214 g/mol. The molecule has 0 spiro atoms. The normalized spacial score (nSPS) is 15.5. The number of amides is 1. The average molecular weight is 229 g/mol. The third-order valence-electron chi connectivity index (χ3n) is 1.92. The van der Waals surface area contributed by atoms with Crippen molar-refractivity contribution in [2.24, 2.45) is 0 Å². The average Bonchev–Trinajstić information content (AvgIpc) is 2.16. The summed E-state index contributed by atoms with van der Waals surface area (Å²) in [6.07, 6.45) is 1.07. The van der Waals surface area contributed by atoms with Crippen molar-refractivity contribution >= 4 is 11.9 Å². The molecule has 2 N–H and O–H groups in total. The van der Waals surface area contributed by atoms with Crippen LogP contribution in [0.4, 0.5) is 0 Å². The Morgan fingerprint density at radius 3 is 2.69 bits per heavy atom. The second-order valence-corrected chi connectivity index (χ2v) is 4.11. The lowest BCUT2D eigenvalue weighted by Gasteiger charge is -2.25. The predicted molar refractivity (Wildman–Crippen MR) is 54.5 cm³/mol. The second-order valence-electron chi connectivity index (χ2n) is 4.11. The lowest BCUT2D eigenvalue weighted by atomic mass is 10.0. The van der Waals surface area contributed by atoms with Gasteiger partial charge in [-0.25, -0.2) is 0 Å². The van der Waals surface area contributed by atoms with Gasteiger partial charge in [0.05, 0.1) is 6.42 Å². The summed E-state index contributed by atoms with van der Waals surface area (Å²) in [5.41, 5.74) is -0.829. The highest BCUT2D eigenvalue weighted by atomic mass is 16.6. The molecule has 0 bridgehead atoms. The first-order valence-electron chi connectivity index (χ1n) is 4.89. The zero-order valence-corrected chi connectivity index (χ0v) is 9.28. The van der Waals surface area contributed by atoms with Gasteiger partial charge in [-0.05, 0) is 13.8 Å². The van der Waals surface area contributed by atoms with Gasteiger partial charge in [0.25, 0.3) is 5.91 Å². The lowest BCUT2D eigenvalue weighted by Crippen LogP contribution is -2.46. The Balaban J connectivity index is 2.55. The van der Waals surface area contributed by atoms with E-state index in [4.69, 9.17) is 14.6 Å². The van der Waals surface area contributed by atoms with Gasteiger partial charge in [0, 0.05) is 5.54 Å². The Labute approximate surface area is 93.2 Å². The molecule has 1 aliphatic rings. The molecule has 0 atom stereocenters. The summed E-state index contributed by atoms with van der Waals surface area (Å²) in [6.45, 7) is 3.99. The van der Waals surface area contributed by atoms with Crippen LogP contribution in [0.3, 0.4) is 0 Å². The lowest BCUT2D eigenvalue weighted by molar-refractivity contribution is -0.138. The van der Waals surface area contributed by atoms with Crippen LogP contribution in [0, 0.1) is 0 Å². The molecule has 0 aromatic heterocycles. The molecule has 1 heterocycles. The minimum Gasteiger partial charge on any atom is -0.494 e. The van der Waals surface area contributed by atoms with Gasteiger partial charge in [-0.1, -0.05) is 0 Å². The second kappa shape index (κ2) is 4.87. The van der Waals surface area contributed by atoms with Crippen molar-refractivity contribution in [3.63, 3.8) is 0 Å². The summed E-state index contributed by atoms with van der Waals surface area (Å²) in [7, 11) is 0. The molecular formula is C10H15NO5. The van der Waals surface area contributed by atoms with Crippen molar-refractivity contribution in [1.29, 1.82) is 0 Å². The minimum atomic E-state index is -0.972. The highest BCUT2D eigenvalue weighted by molar-refractivity contribution is 5.92. The van der Waals surface area contributed by atoms with Gasteiger partial charge in [-0.15, -0.1) is 0 Å². The van der Waals surface area contributed by atoms with Gasteiger partial charge in [0.2, 0.25) is 5.76 Å². The number of aliphatic carboxylic acids is 1. The van der Waals surface area contributed by atoms with Crippen LogP contribution < -0.4 is 5.32 Å². The van der Waals surface area contributed by atoms with Gasteiger partial charge in [-0.2, -0.15) is 0 Å². The topological polar surface area (TPSA) is 84.9 Å². The highest BCUT2D eigenvalue weighted by Crippen LogP contribution is 2.11. The summed E-state index contributed by atoms with van der Waals surface area (Å²) in [5, 5.41) is 11.2. The van der Waals surface area contributed by atoms with Crippen molar-refractivity contribution in [3.8, 4) is 0 Å². The zero-order chi connectivity index (χ0) is 12.2. The van der Waals surface area contributed by atoms with Crippen molar-refractivity contribution in [2.75, 3.05) is 13.2 Å². The number of hydrogen-bond donors (Lipinski definition) is 2. The Hall–Kier alpha value is -1.72. The molecule has 90 valence electrons. The molecule has 1 amide bonds. The van der Waals surface area contributed by atoms with Crippen molar-refractivity contribution in [1.82, 2.24) is 5.32 Å². The maximum Gasteiger partial charge on any atom is 0.305 e. The molecule has 0 saturated carbocycles. The first kappa shape index (κ1) is 12.4. The third-order valence-corrected chi connectivity index (χ3v) is 1.92. The number of nitrogens with one attached hydrogen (secondary N) is 1. The molecule has 0 fully saturated rings. The van der Waals surface area contributed by atoms with Crippen LogP contribution in [0.1, 0.15) is 20.3 Å². The molecule has 0 saturated heterocycles. The van der Waals surface area contributed by atoms with Gasteiger partial charge in [-0.3, -0.25) is 9.59 Å². The summed E-state index contributed by atoms with van der Waals surface area (Å²) in [4.78, 5) is 22.2. The van der Waals surface area contributed by atoms with Crippen LogP contribution in [-0.2, 0) is 19.1 Å². The first-order chi connectivity index (χ1) is 7.41.